The molecule has 0 aliphatic heterocycles. The van der Waals surface area contributed by atoms with Gasteiger partial charge in [-0.2, -0.15) is 0 Å². The summed E-state index contributed by atoms with van der Waals surface area (Å²) in [6, 6.07) is 1.37. The van der Waals surface area contributed by atoms with Crippen molar-refractivity contribution in [3.63, 3.8) is 0 Å². The van der Waals surface area contributed by atoms with Gasteiger partial charge in [0.05, 0.1) is 5.56 Å². The molecule has 0 radical (unpaired) electrons. The lowest BCUT2D eigenvalue weighted by molar-refractivity contribution is 0.0953. The third-order valence-electron chi connectivity index (χ3n) is 2.41. The topological polar surface area (TPSA) is 94.6 Å². The van der Waals surface area contributed by atoms with Gasteiger partial charge in [-0.1, -0.05) is 11.8 Å². The smallest absolute Gasteiger partial charge is 0.316 e. The first kappa shape index (κ1) is 16.5. The molecule has 0 aliphatic carbocycles. The number of pyridine rings is 1. The summed E-state index contributed by atoms with van der Waals surface area (Å²) in [6.07, 6.45) is 2.94. The second-order valence-corrected chi connectivity index (χ2v) is 4.30. The fourth-order valence-corrected chi connectivity index (χ4v) is 1.38. The zero-order valence-electron chi connectivity index (χ0n) is 12.0. The molecular formula is C14H18N4O3. The van der Waals surface area contributed by atoms with Crippen molar-refractivity contribution >= 4 is 11.9 Å². The van der Waals surface area contributed by atoms with Gasteiger partial charge in [0.25, 0.3) is 5.91 Å². The average Bonchev–Trinajstić information content (AvgIpc) is 2.49. The van der Waals surface area contributed by atoms with E-state index >= 15 is 0 Å². The molecule has 7 nitrogen and oxygen atoms in total. The highest BCUT2D eigenvalue weighted by molar-refractivity contribution is 5.94. The first-order valence-corrected chi connectivity index (χ1v) is 6.32. The van der Waals surface area contributed by atoms with Gasteiger partial charge in [0.1, 0.15) is 6.61 Å². The monoisotopic (exact) mass is 290 g/mol. The van der Waals surface area contributed by atoms with Crippen LogP contribution in [0.5, 0.6) is 0 Å². The minimum absolute atomic E-state index is 0.216. The van der Waals surface area contributed by atoms with E-state index in [-0.39, 0.29) is 18.5 Å². The van der Waals surface area contributed by atoms with Crippen molar-refractivity contribution in [3.8, 4) is 11.8 Å². The molecule has 3 amide bonds. The quantitative estimate of drug-likeness (QED) is 0.511. The van der Waals surface area contributed by atoms with Crippen LogP contribution in [-0.2, 0) is 0 Å². The van der Waals surface area contributed by atoms with Crippen molar-refractivity contribution < 1.29 is 14.7 Å². The Balaban J connectivity index is 2.47. The first-order chi connectivity index (χ1) is 10.0. The van der Waals surface area contributed by atoms with E-state index in [2.05, 4.69) is 27.5 Å². The highest BCUT2D eigenvalue weighted by Crippen LogP contribution is 2.01. The van der Waals surface area contributed by atoms with Crippen LogP contribution in [0.3, 0.4) is 0 Å². The van der Waals surface area contributed by atoms with E-state index in [0.29, 0.717) is 24.2 Å². The molecule has 0 atom stereocenters. The van der Waals surface area contributed by atoms with Gasteiger partial charge in [0.2, 0.25) is 0 Å². The van der Waals surface area contributed by atoms with Gasteiger partial charge in [0.15, 0.2) is 0 Å². The van der Waals surface area contributed by atoms with Gasteiger partial charge in [-0.25, -0.2) is 4.79 Å². The maximum atomic E-state index is 11.9. The Morgan fingerprint density at radius 3 is 2.67 bits per heavy atom. The molecule has 3 N–H and O–H groups in total. The fraction of sp³-hybridized carbons (Fsp3) is 0.357. The number of hydrogen-bond acceptors (Lipinski definition) is 4. The summed E-state index contributed by atoms with van der Waals surface area (Å²) in [5.74, 6) is 4.87. The van der Waals surface area contributed by atoms with Crippen LogP contribution in [0.25, 0.3) is 0 Å². The van der Waals surface area contributed by atoms with Gasteiger partial charge in [-0.3, -0.25) is 9.78 Å². The van der Waals surface area contributed by atoms with E-state index in [1.54, 1.807) is 20.2 Å². The van der Waals surface area contributed by atoms with Crippen LogP contribution in [0.4, 0.5) is 4.79 Å². The highest BCUT2D eigenvalue weighted by Gasteiger charge is 2.06. The summed E-state index contributed by atoms with van der Waals surface area (Å²) in [5, 5.41) is 13.9. The van der Waals surface area contributed by atoms with E-state index in [9.17, 15) is 9.59 Å². The Morgan fingerprint density at radius 1 is 1.29 bits per heavy atom. The predicted octanol–water partition coefficient (Wildman–Crippen LogP) is -0.574. The van der Waals surface area contributed by atoms with Crippen LogP contribution in [0.1, 0.15) is 15.9 Å². The number of nitrogens with one attached hydrogen (secondary N) is 2. The van der Waals surface area contributed by atoms with E-state index in [1.807, 2.05) is 0 Å². The number of urea groups is 1. The Hall–Kier alpha value is -2.59. The van der Waals surface area contributed by atoms with Crippen molar-refractivity contribution in [2.75, 3.05) is 33.8 Å². The lowest BCUT2D eigenvalue weighted by Gasteiger charge is -2.12. The number of aliphatic hydroxyl groups is 1. The Bertz CT molecular complexity index is 561. The Morgan fingerprint density at radius 2 is 2.00 bits per heavy atom. The van der Waals surface area contributed by atoms with E-state index in [1.165, 1.54) is 17.3 Å². The van der Waals surface area contributed by atoms with Crippen LogP contribution in [0.2, 0.25) is 0 Å². The minimum Gasteiger partial charge on any atom is -0.384 e. The molecular weight excluding hydrogens is 272 g/mol. The molecule has 0 aliphatic rings. The standard InChI is InChI=1S/C14H18N4O3/c1-18(2)14(21)17-6-5-16-13(20)12-8-11(4-3-7-19)9-15-10-12/h8-10,19H,5-7H2,1-2H3,(H,16,20)(H,17,21). The molecule has 1 heterocycles. The normalized spacial score (nSPS) is 9.29. The molecule has 0 unspecified atom stereocenters. The van der Waals surface area contributed by atoms with E-state index < -0.39 is 0 Å². The van der Waals surface area contributed by atoms with Gasteiger partial charge in [-0.15, -0.1) is 0 Å². The molecule has 0 bridgehead atoms. The zero-order valence-corrected chi connectivity index (χ0v) is 12.0. The lowest BCUT2D eigenvalue weighted by atomic mass is 10.2. The molecule has 0 saturated carbocycles. The van der Waals surface area contributed by atoms with Crippen molar-refractivity contribution in [1.82, 2.24) is 20.5 Å². The predicted molar refractivity (Wildman–Crippen MR) is 77.6 cm³/mol. The third-order valence-corrected chi connectivity index (χ3v) is 2.41. The van der Waals surface area contributed by atoms with E-state index in [0.717, 1.165) is 0 Å². The van der Waals surface area contributed by atoms with Gasteiger partial charge in [-0.05, 0) is 6.07 Å². The number of amides is 3. The summed E-state index contributed by atoms with van der Waals surface area (Å²) >= 11 is 0. The van der Waals surface area contributed by atoms with Gasteiger partial charge < -0.3 is 20.6 Å². The number of hydrogen-bond donors (Lipinski definition) is 3. The fourth-order valence-electron chi connectivity index (χ4n) is 1.38. The second kappa shape index (κ2) is 8.55. The van der Waals surface area contributed by atoms with E-state index in [4.69, 9.17) is 5.11 Å². The van der Waals surface area contributed by atoms with Crippen LogP contribution in [-0.4, -0.2) is 60.7 Å². The van der Waals surface area contributed by atoms with Crippen molar-refractivity contribution in [1.29, 1.82) is 0 Å². The largest absolute Gasteiger partial charge is 0.384 e. The highest BCUT2D eigenvalue weighted by atomic mass is 16.2. The maximum absolute atomic E-state index is 11.9. The zero-order chi connectivity index (χ0) is 15.7. The summed E-state index contributed by atoms with van der Waals surface area (Å²) in [7, 11) is 3.27. The molecule has 7 heteroatoms. The second-order valence-electron chi connectivity index (χ2n) is 4.30. The van der Waals surface area contributed by atoms with Crippen molar-refractivity contribution in [3.05, 3.63) is 29.6 Å². The molecule has 0 fully saturated rings. The molecule has 0 spiro atoms. The average molecular weight is 290 g/mol. The van der Waals surface area contributed by atoms with Crippen LogP contribution in [0.15, 0.2) is 18.5 Å². The number of carbonyl (C=O) groups excluding carboxylic acids is 2. The van der Waals surface area contributed by atoms with Gasteiger partial charge in [0, 0.05) is 45.1 Å². The van der Waals surface area contributed by atoms with Crippen LogP contribution >= 0.6 is 0 Å². The Labute approximate surface area is 123 Å². The third kappa shape index (κ3) is 5.93. The molecule has 0 aromatic carbocycles. The summed E-state index contributed by atoms with van der Waals surface area (Å²) < 4.78 is 0. The SMILES string of the molecule is CN(C)C(=O)NCCNC(=O)c1cncc(C#CCO)c1. The minimum atomic E-state index is -0.297. The summed E-state index contributed by atoms with van der Waals surface area (Å²) in [6.45, 7) is 0.396. The van der Waals surface area contributed by atoms with Crippen molar-refractivity contribution in [2.24, 2.45) is 0 Å². The summed E-state index contributed by atoms with van der Waals surface area (Å²) in [4.78, 5) is 28.5. The molecule has 1 aromatic rings. The van der Waals surface area contributed by atoms with Crippen LogP contribution in [0, 0.1) is 11.8 Å². The molecule has 1 aromatic heterocycles. The number of carbonyl (C=O) groups is 2. The molecule has 1 rings (SSSR count). The number of aromatic nitrogens is 1. The number of nitrogens with zero attached hydrogens (tertiary/aromatic N) is 2. The van der Waals surface area contributed by atoms with Crippen LogP contribution < -0.4 is 10.6 Å². The molecule has 0 saturated heterocycles. The van der Waals surface area contributed by atoms with Gasteiger partial charge >= 0.3 is 6.03 Å². The Kier molecular flexibility index (Phi) is 6.71. The molecule has 21 heavy (non-hydrogen) atoms. The first-order valence-electron chi connectivity index (χ1n) is 6.32. The molecule has 112 valence electrons. The summed E-state index contributed by atoms with van der Waals surface area (Å²) in [5.41, 5.74) is 0.927. The number of aliphatic hydroxyl groups excluding tert-OH is 1. The number of rotatable bonds is 4. The lowest BCUT2D eigenvalue weighted by Crippen LogP contribution is -2.39. The maximum Gasteiger partial charge on any atom is 0.316 e. The van der Waals surface area contributed by atoms with Crippen molar-refractivity contribution in [2.45, 2.75) is 0 Å².